The van der Waals surface area contributed by atoms with Crippen LogP contribution >= 0.6 is 11.6 Å². The lowest BCUT2D eigenvalue weighted by molar-refractivity contribution is -0.137. The lowest BCUT2D eigenvalue weighted by Gasteiger charge is -2.36. The highest BCUT2D eigenvalue weighted by molar-refractivity contribution is 6.30. The Morgan fingerprint density at radius 3 is 2.36 bits per heavy atom. The van der Waals surface area contributed by atoms with Crippen molar-refractivity contribution in [3.63, 3.8) is 0 Å². The highest BCUT2D eigenvalue weighted by atomic mass is 35.5. The van der Waals surface area contributed by atoms with E-state index in [1.807, 2.05) is 4.90 Å². The Balaban J connectivity index is 1.38. The Hall–Kier alpha value is -2.64. The van der Waals surface area contributed by atoms with Gasteiger partial charge < -0.3 is 19.9 Å². The van der Waals surface area contributed by atoms with E-state index in [1.54, 1.807) is 47.4 Å². The van der Waals surface area contributed by atoms with Crippen LogP contribution in [0.1, 0.15) is 0 Å². The first kappa shape index (κ1) is 20.1. The molecule has 0 atom stereocenters. The maximum Gasteiger partial charge on any atom is 0.250 e. The molecular weight excluding hydrogens is 385 g/mol. The average Bonchev–Trinajstić information content (AvgIpc) is 2.70. The molecule has 0 aliphatic carbocycles. The molecule has 1 N–H and O–H groups in total. The number of amides is 2. The van der Waals surface area contributed by atoms with Crippen LogP contribution in [0.15, 0.2) is 48.5 Å². The standard InChI is InChI=1S/C20H21ClFN3O3/c21-15-5-7-16(8-6-15)23-19(26)13-28-14-20(27)25-11-9-24(10-12-25)18-4-2-1-3-17(18)22/h1-8H,9-14H2,(H,23,26). The maximum atomic E-state index is 13.9. The van der Waals surface area contributed by atoms with E-state index in [-0.39, 0.29) is 30.8 Å². The first-order valence-corrected chi connectivity index (χ1v) is 9.31. The molecule has 0 saturated carbocycles. The largest absolute Gasteiger partial charge is 0.366 e. The molecule has 8 heteroatoms. The van der Waals surface area contributed by atoms with Gasteiger partial charge in [0.15, 0.2) is 0 Å². The SMILES string of the molecule is O=C(COCC(=O)N1CCN(c2ccccc2F)CC1)Nc1ccc(Cl)cc1. The Labute approximate surface area is 167 Å². The van der Waals surface area contributed by atoms with Crippen LogP contribution in [0, 0.1) is 5.82 Å². The van der Waals surface area contributed by atoms with Gasteiger partial charge in [0.05, 0.1) is 5.69 Å². The summed E-state index contributed by atoms with van der Waals surface area (Å²) in [6.07, 6.45) is 0. The van der Waals surface area contributed by atoms with Crippen molar-refractivity contribution in [3.05, 3.63) is 59.4 Å². The van der Waals surface area contributed by atoms with Crippen LogP contribution in [0.2, 0.25) is 5.02 Å². The summed E-state index contributed by atoms with van der Waals surface area (Å²) in [6, 6.07) is 13.3. The van der Waals surface area contributed by atoms with Gasteiger partial charge in [-0.1, -0.05) is 23.7 Å². The van der Waals surface area contributed by atoms with Crippen molar-refractivity contribution in [2.45, 2.75) is 0 Å². The van der Waals surface area contributed by atoms with Crippen LogP contribution < -0.4 is 10.2 Å². The predicted octanol–water partition coefficient (Wildman–Crippen LogP) is 2.78. The van der Waals surface area contributed by atoms with Gasteiger partial charge in [0.25, 0.3) is 0 Å². The molecule has 1 saturated heterocycles. The Morgan fingerprint density at radius 2 is 1.68 bits per heavy atom. The Kier molecular flexibility index (Phi) is 6.84. The summed E-state index contributed by atoms with van der Waals surface area (Å²) in [6.45, 7) is 1.66. The summed E-state index contributed by atoms with van der Waals surface area (Å²) < 4.78 is 19.1. The summed E-state index contributed by atoms with van der Waals surface area (Å²) >= 11 is 5.79. The van der Waals surface area contributed by atoms with Crippen molar-refractivity contribution >= 4 is 34.8 Å². The summed E-state index contributed by atoms with van der Waals surface area (Å²) in [7, 11) is 0. The third-order valence-electron chi connectivity index (χ3n) is 4.41. The maximum absolute atomic E-state index is 13.9. The van der Waals surface area contributed by atoms with Gasteiger partial charge in [-0.05, 0) is 36.4 Å². The molecule has 1 aliphatic rings. The van der Waals surface area contributed by atoms with E-state index in [9.17, 15) is 14.0 Å². The number of piperazine rings is 1. The fourth-order valence-electron chi connectivity index (χ4n) is 2.96. The fraction of sp³-hybridized carbons (Fsp3) is 0.300. The summed E-state index contributed by atoms with van der Waals surface area (Å²) in [4.78, 5) is 27.7. The van der Waals surface area contributed by atoms with E-state index in [0.717, 1.165) is 0 Å². The number of carbonyl (C=O) groups excluding carboxylic acids is 2. The second kappa shape index (κ2) is 9.52. The molecule has 148 valence electrons. The number of rotatable bonds is 6. The number of halogens is 2. The van der Waals surface area contributed by atoms with Gasteiger partial charge in [0.2, 0.25) is 11.8 Å². The van der Waals surface area contributed by atoms with Crippen molar-refractivity contribution in [1.29, 1.82) is 0 Å². The van der Waals surface area contributed by atoms with Crippen molar-refractivity contribution in [3.8, 4) is 0 Å². The first-order chi connectivity index (χ1) is 13.5. The van der Waals surface area contributed by atoms with Crippen molar-refractivity contribution in [2.24, 2.45) is 0 Å². The highest BCUT2D eigenvalue weighted by Gasteiger charge is 2.22. The lowest BCUT2D eigenvalue weighted by Crippen LogP contribution is -2.50. The van der Waals surface area contributed by atoms with E-state index < -0.39 is 0 Å². The number of nitrogens with zero attached hydrogens (tertiary/aromatic N) is 2. The molecule has 2 aromatic rings. The predicted molar refractivity (Wildman–Crippen MR) is 106 cm³/mol. The number of anilines is 2. The number of hydrogen-bond acceptors (Lipinski definition) is 4. The molecule has 2 amide bonds. The van der Waals surface area contributed by atoms with E-state index >= 15 is 0 Å². The molecule has 1 heterocycles. The molecule has 6 nitrogen and oxygen atoms in total. The van der Waals surface area contributed by atoms with Crippen molar-refractivity contribution in [2.75, 3.05) is 49.6 Å². The van der Waals surface area contributed by atoms with Crippen LogP contribution in [0.25, 0.3) is 0 Å². The lowest BCUT2D eigenvalue weighted by atomic mass is 10.2. The number of carbonyl (C=O) groups is 2. The topological polar surface area (TPSA) is 61.9 Å². The monoisotopic (exact) mass is 405 g/mol. The third kappa shape index (κ3) is 5.43. The third-order valence-corrected chi connectivity index (χ3v) is 4.66. The second-order valence-corrected chi connectivity index (χ2v) is 6.80. The zero-order valence-corrected chi connectivity index (χ0v) is 16.0. The minimum atomic E-state index is -0.348. The van der Waals surface area contributed by atoms with E-state index in [0.29, 0.717) is 42.6 Å². The molecule has 0 bridgehead atoms. The number of nitrogens with one attached hydrogen (secondary N) is 1. The molecule has 0 spiro atoms. The van der Waals surface area contributed by atoms with E-state index in [4.69, 9.17) is 16.3 Å². The highest BCUT2D eigenvalue weighted by Crippen LogP contribution is 2.20. The molecule has 1 aliphatic heterocycles. The number of hydrogen-bond donors (Lipinski definition) is 1. The van der Waals surface area contributed by atoms with Gasteiger partial charge in [0.1, 0.15) is 19.0 Å². The minimum absolute atomic E-state index is 0.173. The van der Waals surface area contributed by atoms with Crippen molar-refractivity contribution < 1.29 is 18.7 Å². The number of para-hydroxylation sites is 1. The smallest absolute Gasteiger partial charge is 0.250 e. The zero-order valence-electron chi connectivity index (χ0n) is 15.2. The van der Waals surface area contributed by atoms with Crippen LogP contribution in [0.3, 0.4) is 0 Å². The molecule has 0 unspecified atom stereocenters. The second-order valence-electron chi connectivity index (χ2n) is 6.37. The summed E-state index contributed by atoms with van der Waals surface area (Å²) in [5.41, 5.74) is 1.15. The fourth-order valence-corrected chi connectivity index (χ4v) is 3.08. The van der Waals surface area contributed by atoms with Gasteiger partial charge in [-0.25, -0.2) is 4.39 Å². The number of ether oxygens (including phenoxy) is 1. The molecule has 3 rings (SSSR count). The van der Waals surface area contributed by atoms with Crippen LogP contribution in [-0.4, -0.2) is 56.1 Å². The molecule has 2 aromatic carbocycles. The molecule has 0 radical (unpaired) electrons. The van der Waals surface area contributed by atoms with Gasteiger partial charge in [0, 0.05) is 36.9 Å². The summed E-state index contributed by atoms with van der Waals surface area (Å²) in [5.74, 6) is -0.802. The summed E-state index contributed by atoms with van der Waals surface area (Å²) in [5, 5.41) is 3.24. The Bertz CT molecular complexity index is 824. The Morgan fingerprint density at radius 1 is 1.00 bits per heavy atom. The van der Waals surface area contributed by atoms with E-state index in [2.05, 4.69) is 5.32 Å². The normalized spacial score (nSPS) is 14.1. The van der Waals surface area contributed by atoms with Crippen LogP contribution in [-0.2, 0) is 14.3 Å². The van der Waals surface area contributed by atoms with Crippen LogP contribution in [0.5, 0.6) is 0 Å². The molecule has 0 aromatic heterocycles. The van der Waals surface area contributed by atoms with Gasteiger partial charge >= 0.3 is 0 Å². The van der Waals surface area contributed by atoms with Crippen LogP contribution in [0.4, 0.5) is 15.8 Å². The first-order valence-electron chi connectivity index (χ1n) is 8.93. The van der Waals surface area contributed by atoms with Gasteiger partial charge in [-0.2, -0.15) is 0 Å². The molecule has 1 fully saturated rings. The van der Waals surface area contributed by atoms with Gasteiger partial charge in [-0.3, -0.25) is 9.59 Å². The quantitative estimate of drug-likeness (QED) is 0.802. The van der Waals surface area contributed by atoms with Gasteiger partial charge in [-0.15, -0.1) is 0 Å². The number of benzene rings is 2. The zero-order chi connectivity index (χ0) is 19.9. The van der Waals surface area contributed by atoms with Crippen molar-refractivity contribution in [1.82, 2.24) is 4.90 Å². The molecule has 28 heavy (non-hydrogen) atoms. The minimum Gasteiger partial charge on any atom is -0.366 e. The average molecular weight is 406 g/mol. The van der Waals surface area contributed by atoms with E-state index in [1.165, 1.54) is 6.07 Å². The molecular formula is C20H21ClFN3O3.